The molecule has 0 aliphatic rings. The fraction of sp³-hybridized carbons (Fsp3) is 0.263. The van der Waals surface area contributed by atoms with E-state index in [-0.39, 0.29) is 17.2 Å². The van der Waals surface area contributed by atoms with Crippen LogP contribution in [-0.4, -0.2) is 44.1 Å². The van der Waals surface area contributed by atoms with Crippen LogP contribution < -0.4 is 5.32 Å². The molecule has 6 nitrogen and oxygen atoms in total. The first-order valence-corrected chi connectivity index (χ1v) is 10.6. The third-order valence-corrected chi connectivity index (χ3v) is 6.94. The third kappa shape index (κ3) is 4.02. The molecular weight excluding hydrogens is 382 g/mol. The van der Waals surface area contributed by atoms with Gasteiger partial charge < -0.3 is 5.32 Å². The number of carbonyl (C=O) groups is 1. The minimum atomic E-state index is -3.58. The molecule has 142 valence electrons. The van der Waals surface area contributed by atoms with E-state index >= 15 is 0 Å². The molecule has 0 saturated carbocycles. The maximum Gasteiger partial charge on any atom is 0.242 e. The zero-order valence-corrected chi connectivity index (χ0v) is 17.2. The molecule has 0 amide bonds. The molecule has 3 rings (SSSR count). The van der Waals surface area contributed by atoms with Crippen molar-refractivity contribution in [2.75, 3.05) is 26.0 Å². The highest BCUT2D eigenvalue weighted by Crippen LogP contribution is 2.29. The SMILES string of the molecule is Cc1cc(C)c2nc(NCC(=O)c3cccc(S(=O)(=O)N(C)C)c3)sc2c1. The summed E-state index contributed by atoms with van der Waals surface area (Å²) >= 11 is 1.50. The van der Waals surface area contributed by atoms with Gasteiger partial charge in [-0.15, -0.1) is 0 Å². The Balaban J connectivity index is 1.78. The average molecular weight is 404 g/mol. The molecule has 1 heterocycles. The summed E-state index contributed by atoms with van der Waals surface area (Å²) < 4.78 is 26.7. The van der Waals surface area contributed by atoms with E-state index in [9.17, 15) is 13.2 Å². The van der Waals surface area contributed by atoms with Gasteiger partial charge in [0.1, 0.15) is 0 Å². The number of thiazole rings is 1. The van der Waals surface area contributed by atoms with Crippen LogP contribution in [0.3, 0.4) is 0 Å². The molecule has 0 aliphatic carbocycles. The van der Waals surface area contributed by atoms with Crippen molar-refractivity contribution < 1.29 is 13.2 Å². The summed E-state index contributed by atoms with van der Waals surface area (Å²) in [6.45, 7) is 4.10. The standard InChI is InChI=1S/C19H21N3O3S2/c1-12-8-13(2)18-17(9-12)26-19(21-18)20-11-16(23)14-6-5-7-15(10-14)27(24,25)22(3)4/h5-10H,11H2,1-4H3,(H,20,21). The van der Waals surface area contributed by atoms with Crippen LogP contribution in [0.1, 0.15) is 21.5 Å². The maximum absolute atomic E-state index is 12.5. The lowest BCUT2D eigenvalue weighted by Gasteiger charge is -2.12. The van der Waals surface area contributed by atoms with Gasteiger partial charge in [-0.05, 0) is 43.2 Å². The number of aryl methyl sites for hydroxylation is 2. The Bertz CT molecular complexity index is 1120. The predicted octanol–water partition coefficient (Wildman–Crippen LogP) is 3.46. The van der Waals surface area contributed by atoms with E-state index in [2.05, 4.69) is 22.4 Å². The van der Waals surface area contributed by atoms with Crippen LogP contribution in [0.5, 0.6) is 0 Å². The molecule has 0 bridgehead atoms. The number of aromatic nitrogens is 1. The van der Waals surface area contributed by atoms with Gasteiger partial charge in [-0.25, -0.2) is 17.7 Å². The summed E-state index contributed by atoms with van der Waals surface area (Å²) in [7, 11) is -0.655. The lowest BCUT2D eigenvalue weighted by atomic mass is 10.1. The zero-order valence-electron chi connectivity index (χ0n) is 15.6. The van der Waals surface area contributed by atoms with Crippen molar-refractivity contribution in [2.24, 2.45) is 0 Å². The average Bonchev–Trinajstić information content (AvgIpc) is 3.03. The van der Waals surface area contributed by atoms with Gasteiger partial charge in [0.05, 0.1) is 21.7 Å². The molecule has 0 aliphatic heterocycles. The summed E-state index contributed by atoms with van der Waals surface area (Å²) in [4.78, 5) is 17.2. The minimum absolute atomic E-state index is 0.0450. The minimum Gasteiger partial charge on any atom is -0.354 e. The highest BCUT2D eigenvalue weighted by Gasteiger charge is 2.19. The molecule has 0 fully saturated rings. The Labute approximate surface area is 162 Å². The van der Waals surface area contributed by atoms with Crippen LogP contribution >= 0.6 is 11.3 Å². The monoisotopic (exact) mass is 403 g/mol. The van der Waals surface area contributed by atoms with Gasteiger partial charge in [0.2, 0.25) is 10.0 Å². The van der Waals surface area contributed by atoms with Gasteiger partial charge in [-0.2, -0.15) is 0 Å². The molecule has 8 heteroatoms. The highest BCUT2D eigenvalue weighted by atomic mass is 32.2. The summed E-state index contributed by atoms with van der Waals surface area (Å²) in [5.41, 5.74) is 3.55. The molecule has 3 aromatic rings. The van der Waals surface area contributed by atoms with Crippen molar-refractivity contribution in [3.05, 3.63) is 53.1 Å². The van der Waals surface area contributed by atoms with Crippen molar-refractivity contribution in [2.45, 2.75) is 18.7 Å². The van der Waals surface area contributed by atoms with Gasteiger partial charge in [0.25, 0.3) is 0 Å². The molecular formula is C19H21N3O3S2. The first-order valence-electron chi connectivity index (χ1n) is 8.36. The van der Waals surface area contributed by atoms with Crippen molar-refractivity contribution in [3.63, 3.8) is 0 Å². The number of hydrogen-bond acceptors (Lipinski definition) is 6. The number of Topliss-reactive ketones (excluding diaryl/α,β-unsaturated/α-hetero) is 1. The Kier molecular flexibility index (Phi) is 5.32. The summed E-state index contributed by atoms with van der Waals surface area (Å²) in [5, 5.41) is 3.73. The summed E-state index contributed by atoms with van der Waals surface area (Å²) in [6, 6.07) is 10.2. The van der Waals surface area contributed by atoms with Crippen LogP contribution in [-0.2, 0) is 10.0 Å². The molecule has 0 saturated heterocycles. The number of carbonyl (C=O) groups excluding carboxylic acids is 1. The smallest absolute Gasteiger partial charge is 0.242 e. The summed E-state index contributed by atoms with van der Waals surface area (Å²) in [6.07, 6.45) is 0. The lowest BCUT2D eigenvalue weighted by molar-refractivity contribution is 0.101. The number of nitrogens with one attached hydrogen (secondary N) is 1. The number of ketones is 1. The quantitative estimate of drug-likeness (QED) is 0.638. The largest absolute Gasteiger partial charge is 0.354 e. The zero-order chi connectivity index (χ0) is 19.8. The molecule has 0 spiro atoms. The van der Waals surface area contributed by atoms with Gasteiger partial charge in [0.15, 0.2) is 10.9 Å². The molecule has 2 aromatic carbocycles. The molecule has 1 aromatic heterocycles. The first-order chi connectivity index (χ1) is 12.7. The number of hydrogen-bond donors (Lipinski definition) is 1. The van der Waals surface area contributed by atoms with Crippen LogP contribution in [0, 0.1) is 13.8 Å². The number of benzene rings is 2. The van der Waals surface area contributed by atoms with Gasteiger partial charge in [-0.1, -0.05) is 29.5 Å². The molecule has 0 atom stereocenters. The van der Waals surface area contributed by atoms with Gasteiger partial charge in [0, 0.05) is 19.7 Å². The van der Waals surface area contributed by atoms with Crippen molar-refractivity contribution in [1.29, 1.82) is 0 Å². The van der Waals surface area contributed by atoms with E-state index < -0.39 is 10.0 Å². The van der Waals surface area contributed by atoms with E-state index in [1.54, 1.807) is 12.1 Å². The third-order valence-electron chi connectivity index (χ3n) is 4.16. The molecule has 0 unspecified atom stereocenters. The highest BCUT2D eigenvalue weighted by molar-refractivity contribution is 7.89. The maximum atomic E-state index is 12.5. The second kappa shape index (κ2) is 7.38. The number of sulfonamides is 1. The number of anilines is 1. The van der Waals surface area contributed by atoms with E-state index in [4.69, 9.17) is 0 Å². The van der Waals surface area contributed by atoms with E-state index in [1.165, 1.54) is 43.1 Å². The van der Waals surface area contributed by atoms with E-state index in [0.717, 1.165) is 20.1 Å². The van der Waals surface area contributed by atoms with Crippen molar-refractivity contribution >= 4 is 42.5 Å². The second-order valence-electron chi connectivity index (χ2n) is 6.54. The molecule has 1 N–H and O–H groups in total. The summed E-state index contributed by atoms with van der Waals surface area (Å²) in [5.74, 6) is -0.196. The van der Waals surface area contributed by atoms with Gasteiger partial charge in [-0.3, -0.25) is 4.79 Å². The second-order valence-corrected chi connectivity index (χ2v) is 9.72. The topological polar surface area (TPSA) is 79.4 Å². The number of nitrogens with zero attached hydrogens (tertiary/aromatic N) is 2. The van der Waals surface area contributed by atoms with E-state index in [1.807, 2.05) is 13.8 Å². The van der Waals surface area contributed by atoms with Gasteiger partial charge >= 0.3 is 0 Å². The predicted molar refractivity (Wildman–Crippen MR) is 109 cm³/mol. The van der Waals surface area contributed by atoms with Crippen LogP contribution in [0.4, 0.5) is 5.13 Å². The van der Waals surface area contributed by atoms with Crippen LogP contribution in [0.25, 0.3) is 10.2 Å². The van der Waals surface area contributed by atoms with Crippen molar-refractivity contribution in [1.82, 2.24) is 9.29 Å². The molecule has 0 radical (unpaired) electrons. The first kappa shape index (κ1) is 19.5. The normalized spacial score (nSPS) is 11.9. The number of rotatable bonds is 6. The Morgan fingerprint density at radius 3 is 2.63 bits per heavy atom. The Morgan fingerprint density at radius 1 is 1.19 bits per heavy atom. The van der Waals surface area contributed by atoms with Crippen LogP contribution in [0.2, 0.25) is 0 Å². The Morgan fingerprint density at radius 2 is 1.93 bits per heavy atom. The fourth-order valence-electron chi connectivity index (χ4n) is 2.74. The van der Waals surface area contributed by atoms with Crippen LogP contribution in [0.15, 0.2) is 41.3 Å². The number of fused-ring (bicyclic) bond motifs is 1. The van der Waals surface area contributed by atoms with E-state index in [0.29, 0.717) is 10.7 Å². The lowest BCUT2D eigenvalue weighted by Crippen LogP contribution is -2.22. The fourth-order valence-corrected chi connectivity index (χ4v) is 4.73. The molecule has 27 heavy (non-hydrogen) atoms. The Hall–Kier alpha value is -2.29. The van der Waals surface area contributed by atoms with Crippen molar-refractivity contribution in [3.8, 4) is 0 Å².